The average molecular weight is 408 g/mol. The number of carbonyl (C=O) groups excluding carboxylic acids is 1. The maximum absolute atomic E-state index is 12.2. The van der Waals surface area contributed by atoms with E-state index in [9.17, 15) is 4.79 Å². The number of fused-ring (bicyclic) bond motifs is 3. The van der Waals surface area contributed by atoms with E-state index < -0.39 is 5.60 Å². The van der Waals surface area contributed by atoms with Gasteiger partial charge in [-0.15, -0.1) is 0 Å². The Bertz CT molecular complexity index is 1310. The van der Waals surface area contributed by atoms with Crippen LogP contribution in [-0.2, 0) is 0 Å². The SMILES string of the molecule is NC1=NC(=O)c2ccc3c(c21)OC12C=C(Sc4ccccc4)C=CC1=CC=CC2=C3. The molecule has 2 aliphatic carbocycles. The Labute approximate surface area is 177 Å². The first-order chi connectivity index (χ1) is 14.6. The highest BCUT2D eigenvalue weighted by Crippen LogP contribution is 2.49. The first-order valence-electron chi connectivity index (χ1n) is 9.64. The Hall–Kier alpha value is -3.57. The highest BCUT2D eigenvalue weighted by molar-refractivity contribution is 8.03. The summed E-state index contributed by atoms with van der Waals surface area (Å²) in [6.45, 7) is 0. The van der Waals surface area contributed by atoms with Gasteiger partial charge >= 0.3 is 0 Å². The molecule has 1 spiro atoms. The zero-order valence-corrected chi connectivity index (χ0v) is 16.6. The lowest BCUT2D eigenvalue weighted by atomic mass is 9.77. The lowest BCUT2D eigenvalue weighted by molar-refractivity contribution is 0.101. The number of amides is 1. The van der Waals surface area contributed by atoms with E-state index in [0.29, 0.717) is 16.9 Å². The van der Waals surface area contributed by atoms with Crippen LogP contribution in [0.5, 0.6) is 5.75 Å². The average Bonchev–Trinajstić information content (AvgIpc) is 3.05. The van der Waals surface area contributed by atoms with Crippen molar-refractivity contribution in [2.45, 2.75) is 10.5 Å². The molecule has 1 atom stereocenters. The van der Waals surface area contributed by atoms with Crippen LogP contribution in [0.4, 0.5) is 0 Å². The van der Waals surface area contributed by atoms with Crippen LogP contribution < -0.4 is 10.5 Å². The zero-order valence-electron chi connectivity index (χ0n) is 15.8. The molecule has 2 N–H and O–H groups in total. The summed E-state index contributed by atoms with van der Waals surface area (Å²) in [5.74, 6) is 0.506. The summed E-state index contributed by atoms with van der Waals surface area (Å²) in [7, 11) is 0. The second-order valence-corrected chi connectivity index (χ2v) is 8.57. The van der Waals surface area contributed by atoms with E-state index in [2.05, 4.69) is 53.6 Å². The minimum atomic E-state index is -0.755. The molecule has 2 aromatic rings. The number of thioether (sulfide) groups is 1. The van der Waals surface area contributed by atoms with Crippen LogP contribution in [0.2, 0.25) is 0 Å². The number of hydrogen-bond acceptors (Lipinski definition) is 4. The molecule has 6 rings (SSSR count). The number of amidine groups is 1. The number of allylic oxidation sites excluding steroid dienone is 3. The number of carbonyl (C=O) groups is 1. The molecular weight excluding hydrogens is 392 g/mol. The first-order valence-corrected chi connectivity index (χ1v) is 10.5. The molecule has 1 amide bonds. The molecule has 2 aromatic carbocycles. The normalized spacial score (nSPS) is 22.6. The summed E-state index contributed by atoms with van der Waals surface area (Å²) in [5, 5.41) is 0. The van der Waals surface area contributed by atoms with Crippen molar-refractivity contribution in [1.82, 2.24) is 0 Å². The van der Waals surface area contributed by atoms with E-state index in [0.717, 1.165) is 26.5 Å². The van der Waals surface area contributed by atoms with Crippen LogP contribution in [0.25, 0.3) is 6.08 Å². The number of hydrogen-bond donors (Lipinski definition) is 1. The van der Waals surface area contributed by atoms with Crippen LogP contribution in [0.3, 0.4) is 0 Å². The zero-order chi connectivity index (χ0) is 20.3. The van der Waals surface area contributed by atoms with Crippen molar-refractivity contribution >= 4 is 29.6 Å². The number of rotatable bonds is 2. The maximum Gasteiger partial charge on any atom is 0.279 e. The highest BCUT2D eigenvalue weighted by Gasteiger charge is 2.44. The highest BCUT2D eigenvalue weighted by atomic mass is 32.2. The fourth-order valence-electron chi connectivity index (χ4n) is 4.24. The van der Waals surface area contributed by atoms with E-state index in [-0.39, 0.29) is 11.7 Å². The van der Waals surface area contributed by atoms with Crippen LogP contribution >= 0.6 is 11.8 Å². The summed E-state index contributed by atoms with van der Waals surface area (Å²) < 4.78 is 6.72. The van der Waals surface area contributed by atoms with E-state index in [1.807, 2.05) is 30.3 Å². The fourth-order valence-corrected chi connectivity index (χ4v) is 5.16. The molecule has 2 aliphatic heterocycles. The van der Waals surface area contributed by atoms with Crippen molar-refractivity contribution in [1.29, 1.82) is 0 Å². The number of ether oxygens (including phenoxy) is 1. The minimum Gasteiger partial charge on any atom is -0.472 e. The largest absolute Gasteiger partial charge is 0.472 e. The monoisotopic (exact) mass is 408 g/mol. The number of aliphatic imine (C=N–C) groups is 1. The Morgan fingerprint density at radius 3 is 2.73 bits per heavy atom. The molecule has 0 aromatic heterocycles. The second-order valence-electron chi connectivity index (χ2n) is 7.42. The summed E-state index contributed by atoms with van der Waals surface area (Å²) in [6.07, 6.45) is 14.6. The molecule has 144 valence electrons. The molecule has 4 nitrogen and oxygen atoms in total. The molecule has 5 heteroatoms. The molecule has 1 unspecified atom stereocenters. The Kier molecular flexibility index (Phi) is 3.58. The van der Waals surface area contributed by atoms with Gasteiger partial charge in [0, 0.05) is 26.5 Å². The summed E-state index contributed by atoms with van der Waals surface area (Å²) in [6, 6.07) is 13.9. The predicted octanol–water partition coefficient (Wildman–Crippen LogP) is 4.80. The molecule has 4 aliphatic rings. The van der Waals surface area contributed by atoms with Gasteiger partial charge in [0.1, 0.15) is 11.6 Å². The van der Waals surface area contributed by atoms with Crippen molar-refractivity contribution in [2.75, 3.05) is 0 Å². The lowest BCUT2D eigenvalue weighted by Crippen LogP contribution is -2.42. The van der Waals surface area contributed by atoms with E-state index in [4.69, 9.17) is 10.5 Å². The Morgan fingerprint density at radius 2 is 1.87 bits per heavy atom. The van der Waals surface area contributed by atoms with Gasteiger partial charge in [-0.2, -0.15) is 4.99 Å². The van der Waals surface area contributed by atoms with Gasteiger partial charge in [-0.25, -0.2) is 0 Å². The third kappa shape index (κ3) is 2.42. The van der Waals surface area contributed by atoms with Crippen molar-refractivity contribution < 1.29 is 9.53 Å². The summed E-state index contributed by atoms with van der Waals surface area (Å²) in [4.78, 5) is 18.4. The van der Waals surface area contributed by atoms with Crippen molar-refractivity contribution in [3.63, 3.8) is 0 Å². The van der Waals surface area contributed by atoms with Gasteiger partial charge in [-0.3, -0.25) is 4.79 Å². The molecule has 2 heterocycles. The van der Waals surface area contributed by atoms with Crippen LogP contribution in [0, 0.1) is 0 Å². The van der Waals surface area contributed by atoms with Gasteiger partial charge in [0.05, 0.1) is 11.1 Å². The number of nitrogens with zero attached hydrogens (tertiary/aromatic N) is 1. The van der Waals surface area contributed by atoms with E-state index in [1.54, 1.807) is 17.8 Å². The quantitative estimate of drug-likeness (QED) is 0.775. The molecular formula is C25H16N2O2S. The second kappa shape index (κ2) is 6.21. The van der Waals surface area contributed by atoms with E-state index in [1.165, 1.54) is 0 Å². The lowest BCUT2D eigenvalue weighted by Gasteiger charge is -2.41. The van der Waals surface area contributed by atoms with Crippen molar-refractivity contribution in [2.24, 2.45) is 10.7 Å². The van der Waals surface area contributed by atoms with Crippen LogP contribution in [-0.4, -0.2) is 17.3 Å². The minimum absolute atomic E-state index is 0.214. The third-order valence-electron chi connectivity index (χ3n) is 5.63. The molecule has 0 radical (unpaired) electrons. The number of benzene rings is 2. The van der Waals surface area contributed by atoms with Crippen molar-refractivity contribution in [3.05, 3.63) is 112 Å². The Morgan fingerprint density at radius 1 is 1.00 bits per heavy atom. The van der Waals surface area contributed by atoms with Gasteiger partial charge < -0.3 is 10.5 Å². The third-order valence-corrected chi connectivity index (χ3v) is 6.63. The Balaban J connectivity index is 1.51. The summed E-state index contributed by atoms with van der Waals surface area (Å²) >= 11 is 1.69. The predicted molar refractivity (Wildman–Crippen MR) is 120 cm³/mol. The molecule has 0 saturated heterocycles. The van der Waals surface area contributed by atoms with Gasteiger partial charge in [-0.1, -0.05) is 60.3 Å². The van der Waals surface area contributed by atoms with Crippen LogP contribution in [0.15, 0.2) is 105 Å². The first kappa shape index (κ1) is 17.3. The molecule has 0 fully saturated rings. The van der Waals surface area contributed by atoms with E-state index >= 15 is 0 Å². The topological polar surface area (TPSA) is 64.7 Å². The molecule has 0 bridgehead atoms. The van der Waals surface area contributed by atoms with Gasteiger partial charge in [0.25, 0.3) is 5.91 Å². The molecule has 30 heavy (non-hydrogen) atoms. The van der Waals surface area contributed by atoms with Crippen LogP contribution in [0.1, 0.15) is 21.5 Å². The summed E-state index contributed by atoms with van der Waals surface area (Å²) in [5.41, 5.74) is 9.40. The molecule has 0 saturated carbocycles. The van der Waals surface area contributed by atoms with Crippen molar-refractivity contribution in [3.8, 4) is 5.75 Å². The smallest absolute Gasteiger partial charge is 0.279 e. The van der Waals surface area contributed by atoms with Gasteiger partial charge in [-0.05, 0) is 36.4 Å². The van der Waals surface area contributed by atoms with Gasteiger partial charge in [0.15, 0.2) is 5.60 Å². The fraction of sp³-hybridized carbons (Fsp3) is 0.0400. The number of nitrogens with two attached hydrogens (primary N) is 1. The standard InChI is InChI=1S/C25H16N2O2S/c26-23-21-20(24(28)27-23)12-9-15-13-17-6-4-5-16-10-11-19(14-25(16,17)29-22(15)21)30-18-7-2-1-3-8-18/h1-14H,(H2,26,27,28). The maximum atomic E-state index is 12.2. The van der Waals surface area contributed by atoms with Gasteiger partial charge in [0.2, 0.25) is 0 Å².